The Morgan fingerprint density at radius 1 is 1.53 bits per heavy atom. The van der Waals surface area contributed by atoms with Gasteiger partial charge in [-0.25, -0.2) is 0 Å². The highest BCUT2D eigenvalue weighted by Crippen LogP contribution is 2.08. The molecular formula is C11H17N3O. The fourth-order valence-corrected chi connectivity index (χ4v) is 1.23. The third kappa shape index (κ3) is 3.25. The molecule has 1 aromatic carbocycles. The number of anilines is 1. The topological polar surface area (TPSA) is 72.3 Å². The lowest BCUT2D eigenvalue weighted by atomic mass is 10.1. The smallest absolute Gasteiger partial charge is 0.227 e. The van der Waals surface area contributed by atoms with E-state index in [1.807, 2.05) is 12.1 Å². The molecule has 4 N–H and O–H groups in total. The molecule has 1 unspecified atom stereocenters. The number of amides is 1. The first-order valence-corrected chi connectivity index (χ1v) is 4.86. The van der Waals surface area contributed by atoms with Crippen molar-refractivity contribution in [3.63, 3.8) is 0 Å². The van der Waals surface area contributed by atoms with E-state index in [9.17, 15) is 4.79 Å². The van der Waals surface area contributed by atoms with Gasteiger partial charge in [0.15, 0.2) is 0 Å². The average Bonchev–Trinajstić information content (AvgIpc) is 2.16. The molecule has 1 aromatic rings. The molecule has 1 amide bonds. The van der Waals surface area contributed by atoms with Crippen molar-refractivity contribution >= 4 is 11.6 Å². The first-order chi connectivity index (χ1) is 7.00. The molecule has 4 heteroatoms. The van der Waals surface area contributed by atoms with Crippen LogP contribution in [0.2, 0.25) is 0 Å². The minimum absolute atomic E-state index is 0.00407. The van der Waals surface area contributed by atoms with Gasteiger partial charge in [0.05, 0.1) is 12.6 Å². The molecule has 0 saturated carbocycles. The highest BCUT2D eigenvalue weighted by Gasteiger charge is 2.12. The van der Waals surface area contributed by atoms with Crippen LogP contribution >= 0.6 is 0 Å². The standard InChI is InChI=1S/C11H17N3O/c1-8(12)14(2)11(15)7-9-4-3-5-10(13)6-9/h3-6,8H,7,12-13H2,1-2H3. The number of hydrogen-bond acceptors (Lipinski definition) is 3. The van der Waals surface area contributed by atoms with Crippen LogP contribution in [0.15, 0.2) is 24.3 Å². The summed E-state index contributed by atoms with van der Waals surface area (Å²) in [6, 6.07) is 7.31. The van der Waals surface area contributed by atoms with E-state index in [-0.39, 0.29) is 12.1 Å². The number of nitrogens with two attached hydrogens (primary N) is 2. The fourth-order valence-electron chi connectivity index (χ4n) is 1.23. The maximum atomic E-state index is 11.7. The van der Waals surface area contributed by atoms with Crippen LogP contribution in [0.25, 0.3) is 0 Å². The molecule has 1 atom stereocenters. The molecule has 15 heavy (non-hydrogen) atoms. The maximum absolute atomic E-state index is 11.7. The van der Waals surface area contributed by atoms with Gasteiger partial charge in [-0.05, 0) is 24.6 Å². The second kappa shape index (κ2) is 4.79. The van der Waals surface area contributed by atoms with Crippen molar-refractivity contribution in [3.05, 3.63) is 29.8 Å². The molecule has 0 radical (unpaired) electrons. The van der Waals surface area contributed by atoms with Gasteiger partial charge in [-0.2, -0.15) is 0 Å². The summed E-state index contributed by atoms with van der Waals surface area (Å²) in [5.41, 5.74) is 12.8. The van der Waals surface area contributed by atoms with Gasteiger partial charge < -0.3 is 16.4 Å². The summed E-state index contributed by atoms with van der Waals surface area (Å²) in [4.78, 5) is 13.2. The molecular weight excluding hydrogens is 190 g/mol. The monoisotopic (exact) mass is 207 g/mol. The molecule has 82 valence electrons. The van der Waals surface area contributed by atoms with E-state index in [4.69, 9.17) is 11.5 Å². The number of carbonyl (C=O) groups is 1. The van der Waals surface area contributed by atoms with E-state index in [1.54, 1.807) is 26.1 Å². The zero-order valence-corrected chi connectivity index (χ0v) is 9.10. The van der Waals surface area contributed by atoms with Crippen LogP contribution in [0.4, 0.5) is 5.69 Å². The summed E-state index contributed by atoms with van der Waals surface area (Å²) in [7, 11) is 1.69. The van der Waals surface area contributed by atoms with Crippen molar-refractivity contribution in [1.29, 1.82) is 0 Å². The van der Waals surface area contributed by atoms with E-state index in [2.05, 4.69) is 0 Å². The van der Waals surface area contributed by atoms with Gasteiger partial charge >= 0.3 is 0 Å². The average molecular weight is 207 g/mol. The lowest BCUT2D eigenvalue weighted by Gasteiger charge is -2.21. The normalized spacial score (nSPS) is 12.2. The first-order valence-electron chi connectivity index (χ1n) is 4.86. The Morgan fingerprint density at radius 2 is 2.20 bits per heavy atom. The molecule has 0 aliphatic carbocycles. The highest BCUT2D eigenvalue weighted by molar-refractivity contribution is 5.79. The number of likely N-dealkylation sites (N-methyl/N-ethyl adjacent to an activating group) is 1. The van der Waals surface area contributed by atoms with Crippen molar-refractivity contribution in [1.82, 2.24) is 4.90 Å². The Bertz CT molecular complexity index is 349. The van der Waals surface area contributed by atoms with Crippen molar-refractivity contribution in [3.8, 4) is 0 Å². The van der Waals surface area contributed by atoms with Gasteiger partial charge in [-0.3, -0.25) is 4.79 Å². The molecule has 0 fully saturated rings. The number of nitrogen functional groups attached to an aromatic ring is 1. The van der Waals surface area contributed by atoms with Crippen molar-refractivity contribution < 1.29 is 4.79 Å². The summed E-state index contributed by atoms with van der Waals surface area (Å²) in [5, 5.41) is 0. The van der Waals surface area contributed by atoms with Gasteiger partial charge in [0.1, 0.15) is 0 Å². The maximum Gasteiger partial charge on any atom is 0.227 e. The summed E-state index contributed by atoms with van der Waals surface area (Å²) in [6.07, 6.45) is 0.0712. The molecule has 1 rings (SSSR count). The van der Waals surface area contributed by atoms with Gasteiger partial charge in [-0.1, -0.05) is 12.1 Å². The number of carbonyl (C=O) groups excluding carboxylic acids is 1. The number of hydrogen-bond donors (Lipinski definition) is 2. The second-order valence-electron chi connectivity index (χ2n) is 3.67. The minimum Gasteiger partial charge on any atom is -0.399 e. The van der Waals surface area contributed by atoms with Crippen LogP contribution in [0, 0.1) is 0 Å². The Morgan fingerprint density at radius 3 is 2.73 bits per heavy atom. The predicted molar refractivity (Wildman–Crippen MR) is 61.0 cm³/mol. The van der Waals surface area contributed by atoms with Crippen LogP contribution in [0.3, 0.4) is 0 Å². The lowest BCUT2D eigenvalue weighted by Crippen LogP contribution is -2.41. The van der Waals surface area contributed by atoms with E-state index in [0.29, 0.717) is 12.1 Å². The Hall–Kier alpha value is -1.55. The zero-order chi connectivity index (χ0) is 11.4. The Kier molecular flexibility index (Phi) is 3.68. The van der Waals surface area contributed by atoms with Gasteiger partial charge in [0, 0.05) is 12.7 Å². The van der Waals surface area contributed by atoms with Crippen LogP contribution in [-0.2, 0) is 11.2 Å². The zero-order valence-electron chi connectivity index (χ0n) is 9.10. The van der Waals surface area contributed by atoms with Gasteiger partial charge in [-0.15, -0.1) is 0 Å². The van der Waals surface area contributed by atoms with Crippen LogP contribution in [-0.4, -0.2) is 24.0 Å². The van der Waals surface area contributed by atoms with E-state index < -0.39 is 0 Å². The SMILES string of the molecule is CC(N)N(C)C(=O)Cc1cccc(N)c1. The highest BCUT2D eigenvalue weighted by atomic mass is 16.2. The van der Waals surface area contributed by atoms with Crippen LogP contribution in [0.1, 0.15) is 12.5 Å². The number of nitrogens with zero attached hydrogens (tertiary/aromatic N) is 1. The molecule has 0 aromatic heterocycles. The quantitative estimate of drug-likeness (QED) is 0.562. The molecule has 0 bridgehead atoms. The Labute approximate surface area is 89.9 Å². The van der Waals surface area contributed by atoms with Crippen molar-refractivity contribution in [2.45, 2.75) is 19.5 Å². The summed E-state index contributed by atoms with van der Waals surface area (Å²) >= 11 is 0. The van der Waals surface area contributed by atoms with E-state index in [0.717, 1.165) is 5.56 Å². The third-order valence-corrected chi connectivity index (χ3v) is 2.31. The Balaban J connectivity index is 2.66. The van der Waals surface area contributed by atoms with E-state index >= 15 is 0 Å². The van der Waals surface area contributed by atoms with E-state index in [1.165, 1.54) is 4.90 Å². The summed E-state index contributed by atoms with van der Waals surface area (Å²) < 4.78 is 0. The molecule has 0 heterocycles. The summed E-state index contributed by atoms with van der Waals surface area (Å²) in [5.74, 6) is -0.00407. The van der Waals surface area contributed by atoms with Crippen LogP contribution < -0.4 is 11.5 Å². The lowest BCUT2D eigenvalue weighted by molar-refractivity contribution is -0.130. The number of benzene rings is 1. The largest absolute Gasteiger partial charge is 0.399 e. The fraction of sp³-hybridized carbons (Fsp3) is 0.364. The molecule has 0 spiro atoms. The summed E-state index contributed by atoms with van der Waals surface area (Å²) in [6.45, 7) is 1.78. The molecule has 0 saturated heterocycles. The second-order valence-corrected chi connectivity index (χ2v) is 3.67. The minimum atomic E-state index is -0.265. The molecule has 0 aliphatic rings. The number of rotatable bonds is 3. The molecule has 4 nitrogen and oxygen atoms in total. The first kappa shape index (κ1) is 11.5. The predicted octanol–water partition coefficient (Wildman–Crippen LogP) is 0.574. The molecule has 0 aliphatic heterocycles. The van der Waals surface area contributed by atoms with Gasteiger partial charge in [0.25, 0.3) is 0 Å². The van der Waals surface area contributed by atoms with Crippen LogP contribution in [0.5, 0.6) is 0 Å². The third-order valence-electron chi connectivity index (χ3n) is 2.31. The van der Waals surface area contributed by atoms with Gasteiger partial charge in [0.2, 0.25) is 5.91 Å². The van der Waals surface area contributed by atoms with Crippen molar-refractivity contribution in [2.75, 3.05) is 12.8 Å². The van der Waals surface area contributed by atoms with Crippen molar-refractivity contribution in [2.24, 2.45) is 5.73 Å².